The summed E-state index contributed by atoms with van der Waals surface area (Å²) >= 11 is 0. The zero-order chi connectivity index (χ0) is 45.2. The van der Waals surface area contributed by atoms with Gasteiger partial charge >= 0.3 is 0 Å². The van der Waals surface area contributed by atoms with E-state index >= 15 is 0 Å². The lowest BCUT2D eigenvalue weighted by molar-refractivity contribution is 0.607. The molecule has 0 radical (unpaired) electrons. The molecule has 0 aromatic heterocycles. The summed E-state index contributed by atoms with van der Waals surface area (Å²) in [5, 5.41) is 2.67. The third-order valence-corrected chi connectivity index (χ3v) is 17.1. The van der Waals surface area contributed by atoms with Crippen LogP contribution in [0.5, 0.6) is 0 Å². The van der Waals surface area contributed by atoms with Crippen LogP contribution in [-0.4, -0.2) is 0 Å². The summed E-state index contributed by atoms with van der Waals surface area (Å²) in [7, 11) is 0. The maximum atomic E-state index is 2.58. The zero-order valence-corrected chi connectivity index (χ0v) is 39.9. The number of aryl methyl sites for hydroxylation is 1. The lowest BCUT2D eigenvalue weighted by Gasteiger charge is -2.31. The molecule has 13 rings (SSSR count). The van der Waals surface area contributed by atoms with Gasteiger partial charge in [-0.05, 0) is 185 Å². The molecule has 0 spiro atoms. The molecule has 0 N–H and O–H groups in total. The third-order valence-electron chi connectivity index (χ3n) is 17.1. The first-order valence-corrected chi connectivity index (χ1v) is 24.2. The van der Waals surface area contributed by atoms with E-state index in [-0.39, 0.29) is 21.7 Å². The summed E-state index contributed by atoms with van der Waals surface area (Å²) in [6, 6.07) is 56.6. The fraction of sp³-hybridized carbons (Fsp3) is 0.231. The lowest BCUT2D eigenvalue weighted by atomic mass is 9.78. The number of hydrogen-bond acceptors (Lipinski definition) is 1. The minimum atomic E-state index is -0.220. The number of nitrogens with zero attached hydrogens (tertiary/aromatic N) is 1. The average Bonchev–Trinajstić information content (AvgIpc) is 3.88. The van der Waals surface area contributed by atoms with E-state index in [2.05, 4.69) is 225 Å². The minimum Gasteiger partial charge on any atom is -0.310 e. The third kappa shape index (κ3) is 5.12. The van der Waals surface area contributed by atoms with Gasteiger partial charge in [0.25, 0.3) is 0 Å². The van der Waals surface area contributed by atoms with Gasteiger partial charge < -0.3 is 4.90 Å². The molecule has 8 aromatic carbocycles. The smallest absolute Gasteiger partial charge is 0.0465 e. The summed E-state index contributed by atoms with van der Waals surface area (Å²) < 4.78 is 0. The summed E-state index contributed by atoms with van der Waals surface area (Å²) in [4.78, 5) is 2.56. The van der Waals surface area contributed by atoms with Crippen molar-refractivity contribution in [1.29, 1.82) is 0 Å². The van der Waals surface area contributed by atoms with Crippen LogP contribution in [0.15, 0.2) is 163 Å². The van der Waals surface area contributed by atoms with Gasteiger partial charge in [-0.2, -0.15) is 0 Å². The fourth-order valence-corrected chi connectivity index (χ4v) is 13.5. The van der Waals surface area contributed by atoms with Gasteiger partial charge in [0.2, 0.25) is 0 Å². The molecule has 1 heteroatoms. The maximum Gasteiger partial charge on any atom is 0.0465 e. The summed E-state index contributed by atoms with van der Waals surface area (Å²) in [5.74, 6) is 0. The van der Waals surface area contributed by atoms with Gasteiger partial charge in [0.1, 0.15) is 0 Å². The average molecular weight is 852 g/mol. The van der Waals surface area contributed by atoms with E-state index < -0.39 is 0 Å². The molecule has 1 nitrogen and oxygen atoms in total. The van der Waals surface area contributed by atoms with Crippen molar-refractivity contribution in [1.82, 2.24) is 0 Å². The topological polar surface area (TPSA) is 3.24 Å². The highest BCUT2D eigenvalue weighted by molar-refractivity contribution is 6.10. The van der Waals surface area contributed by atoms with Crippen molar-refractivity contribution in [3.05, 3.63) is 213 Å². The first-order valence-electron chi connectivity index (χ1n) is 24.2. The van der Waals surface area contributed by atoms with E-state index in [0.29, 0.717) is 0 Å². The van der Waals surface area contributed by atoms with Gasteiger partial charge in [-0.3, -0.25) is 0 Å². The molecule has 5 aliphatic carbocycles. The van der Waals surface area contributed by atoms with E-state index in [1.54, 1.807) is 5.57 Å². The van der Waals surface area contributed by atoms with Crippen molar-refractivity contribution in [2.24, 2.45) is 0 Å². The number of fused-ring (bicyclic) bond motifs is 13. The molecule has 0 saturated heterocycles. The number of hydrogen-bond donors (Lipinski definition) is 0. The molecular weight excluding hydrogens is 795 g/mol. The van der Waals surface area contributed by atoms with Crippen LogP contribution in [0, 0.1) is 6.92 Å². The van der Waals surface area contributed by atoms with Crippen molar-refractivity contribution in [2.75, 3.05) is 4.90 Å². The van der Waals surface area contributed by atoms with Gasteiger partial charge in [0.05, 0.1) is 0 Å². The normalized spacial score (nSPS) is 17.7. The van der Waals surface area contributed by atoms with Crippen molar-refractivity contribution in [3.63, 3.8) is 0 Å². The Morgan fingerprint density at radius 3 is 1.56 bits per heavy atom. The second kappa shape index (κ2) is 13.2. The van der Waals surface area contributed by atoms with E-state index in [1.807, 2.05) is 0 Å². The number of anilines is 3. The van der Waals surface area contributed by atoms with Gasteiger partial charge in [0, 0.05) is 38.7 Å². The standard InChI is InChI=1S/C65H57N/c1-38-18-10-11-19-42(38)50-35-60-61(49-23-13-12-20-43(49)50)52-37-58-51(36-59(52)65(60,8)9)48-31-28-41(34-57(48)64(58,6)7)66(39-26-29-46-44-21-14-16-24-53(44)62(2,3)55(46)32-39)40-27-30-47-45-22-15-17-25-54(45)63(4,5)56(47)33-40/h10-16,18-24,26-37H,17,25H2,1-9H3. The largest absolute Gasteiger partial charge is 0.310 e. The van der Waals surface area contributed by atoms with Crippen LogP contribution in [0.25, 0.3) is 60.9 Å². The summed E-state index contributed by atoms with van der Waals surface area (Å²) in [5.41, 5.74) is 29.5. The molecule has 5 aliphatic rings. The molecule has 322 valence electrons. The summed E-state index contributed by atoms with van der Waals surface area (Å²) in [6.07, 6.45) is 6.99. The molecule has 0 saturated carbocycles. The lowest BCUT2D eigenvalue weighted by Crippen LogP contribution is -2.20. The van der Waals surface area contributed by atoms with Crippen molar-refractivity contribution in [3.8, 4) is 44.5 Å². The van der Waals surface area contributed by atoms with Crippen LogP contribution >= 0.6 is 0 Å². The predicted molar refractivity (Wildman–Crippen MR) is 280 cm³/mol. The molecule has 0 unspecified atom stereocenters. The van der Waals surface area contributed by atoms with Crippen LogP contribution < -0.4 is 4.90 Å². The minimum absolute atomic E-state index is 0.0274. The molecule has 0 fully saturated rings. The maximum absolute atomic E-state index is 2.58. The van der Waals surface area contributed by atoms with Crippen LogP contribution in [0.2, 0.25) is 0 Å². The highest BCUT2D eigenvalue weighted by Crippen LogP contribution is 2.60. The number of allylic oxidation sites excluding steroid dienone is 4. The zero-order valence-electron chi connectivity index (χ0n) is 39.9. The van der Waals surface area contributed by atoms with Gasteiger partial charge in [-0.15, -0.1) is 0 Å². The molecule has 0 heterocycles. The molecule has 0 bridgehead atoms. The van der Waals surface area contributed by atoms with E-state index in [4.69, 9.17) is 0 Å². The Hall–Kier alpha value is -6.70. The molecule has 0 aliphatic heterocycles. The quantitative estimate of drug-likeness (QED) is 0.170. The van der Waals surface area contributed by atoms with Crippen LogP contribution in [0.4, 0.5) is 17.1 Å². The Morgan fingerprint density at radius 1 is 0.379 bits per heavy atom. The van der Waals surface area contributed by atoms with Crippen molar-refractivity contribution >= 4 is 33.4 Å². The van der Waals surface area contributed by atoms with E-state index in [0.717, 1.165) is 12.8 Å². The van der Waals surface area contributed by atoms with Crippen LogP contribution in [0.1, 0.15) is 118 Å². The molecule has 0 amide bonds. The van der Waals surface area contributed by atoms with Gasteiger partial charge in [-0.1, -0.05) is 164 Å². The first kappa shape index (κ1) is 39.6. The Labute approximate surface area is 391 Å². The number of benzene rings is 8. The molecule has 0 atom stereocenters. The van der Waals surface area contributed by atoms with Crippen molar-refractivity contribution < 1.29 is 0 Å². The SMILES string of the molecule is Cc1ccccc1-c1cc2c(c3ccccc13)-c1cc3c(cc1C2(C)C)-c1ccc(N(c2ccc4c(c2)C(C)(C)C2=C4C=CCC2)c2ccc4c(c2)C(C)(C)c2ccccc2-4)cc1C3(C)C. The monoisotopic (exact) mass is 851 g/mol. The highest BCUT2D eigenvalue weighted by Gasteiger charge is 2.44. The van der Waals surface area contributed by atoms with Gasteiger partial charge in [-0.25, -0.2) is 0 Å². The molecule has 8 aromatic rings. The van der Waals surface area contributed by atoms with Crippen LogP contribution in [-0.2, 0) is 21.7 Å². The van der Waals surface area contributed by atoms with E-state index in [1.165, 1.54) is 128 Å². The Kier molecular flexibility index (Phi) is 7.95. The Balaban J connectivity index is 0.975. The molecular formula is C65H57N. The fourth-order valence-electron chi connectivity index (χ4n) is 13.5. The predicted octanol–water partition coefficient (Wildman–Crippen LogP) is 17.6. The highest BCUT2D eigenvalue weighted by atomic mass is 15.1. The second-order valence-electron chi connectivity index (χ2n) is 22.1. The molecule has 66 heavy (non-hydrogen) atoms. The first-order chi connectivity index (χ1) is 31.7. The van der Waals surface area contributed by atoms with Crippen molar-refractivity contribution in [2.45, 2.75) is 96.8 Å². The summed E-state index contributed by atoms with van der Waals surface area (Å²) in [6.45, 7) is 21.7. The second-order valence-corrected chi connectivity index (χ2v) is 22.1. The number of rotatable bonds is 4. The van der Waals surface area contributed by atoms with E-state index in [9.17, 15) is 0 Å². The Morgan fingerprint density at radius 2 is 0.864 bits per heavy atom. The van der Waals surface area contributed by atoms with Gasteiger partial charge in [0.15, 0.2) is 0 Å². The van der Waals surface area contributed by atoms with Crippen LogP contribution in [0.3, 0.4) is 0 Å². The Bertz CT molecular complexity index is 3540.